The Labute approximate surface area is 132 Å². The number of aromatic nitrogens is 1. The van der Waals surface area contributed by atoms with Crippen LogP contribution >= 0.6 is 0 Å². The Morgan fingerprint density at radius 2 is 2.33 bits per heavy atom. The van der Waals surface area contributed by atoms with Crippen LogP contribution < -0.4 is 5.32 Å². The van der Waals surface area contributed by atoms with Crippen LogP contribution in [-0.4, -0.2) is 35.8 Å². The second-order valence-electron chi connectivity index (χ2n) is 3.92. The van der Waals surface area contributed by atoms with Gasteiger partial charge in [0.25, 0.3) is 0 Å². The van der Waals surface area contributed by atoms with E-state index in [1.54, 1.807) is 12.3 Å². The molecule has 1 rings (SSSR count). The number of rotatable bonds is 7. The van der Waals surface area contributed by atoms with Crippen LogP contribution in [0.2, 0.25) is 0 Å². The molecule has 0 spiro atoms. The molecular weight excluding hydrogens is 309 g/mol. The fourth-order valence-electron chi connectivity index (χ4n) is 1.19. The van der Waals surface area contributed by atoms with Gasteiger partial charge in [-0.05, 0) is 5.92 Å². The van der Waals surface area contributed by atoms with Gasteiger partial charge < -0.3 is 20.1 Å². The normalized spacial score (nSPS) is 9.94. The van der Waals surface area contributed by atoms with Crippen molar-refractivity contribution in [3.63, 3.8) is 0 Å². The molecule has 6 heteroatoms. The number of carbonyl (C=O) groups is 1. The zero-order chi connectivity index (χ0) is 12.7. The summed E-state index contributed by atoms with van der Waals surface area (Å²) in [6, 6.07) is 4.92. The molecule has 1 aromatic heterocycles. The molecule has 0 saturated heterocycles. The third-order valence-corrected chi connectivity index (χ3v) is 2.12. The third kappa shape index (κ3) is 7.04. The summed E-state index contributed by atoms with van der Waals surface area (Å²) in [5.74, 6) is 0.168. The first-order valence-electron chi connectivity index (χ1n) is 5.50. The largest absolute Gasteiger partial charge is 0.480 e. The van der Waals surface area contributed by atoms with Gasteiger partial charge in [0, 0.05) is 45.1 Å². The summed E-state index contributed by atoms with van der Waals surface area (Å²) in [5, 5.41) is 11.4. The average Bonchev–Trinajstić information content (AvgIpc) is 2.29. The van der Waals surface area contributed by atoms with Gasteiger partial charge in [0.05, 0.1) is 6.61 Å². The molecule has 0 aromatic carbocycles. The molecule has 0 aliphatic rings. The molecule has 0 amide bonds. The van der Waals surface area contributed by atoms with Gasteiger partial charge in [-0.3, -0.25) is 0 Å². The number of nitrogens with one attached hydrogen (secondary N) is 1. The Kier molecular flexibility index (Phi) is 9.15. The fraction of sp³-hybridized carbons (Fsp3) is 0.500. The van der Waals surface area contributed by atoms with Crippen LogP contribution in [0.3, 0.4) is 0 Å². The molecule has 0 aliphatic carbocycles. The first-order chi connectivity index (χ1) is 8.09. The van der Waals surface area contributed by atoms with Crippen LogP contribution in [0.25, 0.3) is 0 Å². The Balaban J connectivity index is 0.00000289. The van der Waals surface area contributed by atoms with Crippen molar-refractivity contribution < 1.29 is 47.3 Å². The summed E-state index contributed by atoms with van der Waals surface area (Å²) in [6.45, 7) is 4.75. The number of nitrogens with zero attached hydrogens (tertiary/aromatic N) is 1. The Hall–Kier alpha value is -0.516. The molecule has 5 nitrogen and oxygen atoms in total. The van der Waals surface area contributed by atoms with E-state index in [0.29, 0.717) is 24.9 Å². The zero-order valence-electron chi connectivity index (χ0n) is 10.6. The summed E-state index contributed by atoms with van der Waals surface area (Å²) in [4.78, 5) is 14.4. The SMILES string of the molecule is CC(C)c1[c-]cc(NCCOCC(=O)O)nc1.[Y]. The van der Waals surface area contributed by atoms with Crippen molar-refractivity contribution in [3.8, 4) is 0 Å². The number of pyridine rings is 1. The number of carboxylic acids is 1. The van der Waals surface area contributed by atoms with Gasteiger partial charge in [-0.25, -0.2) is 4.79 Å². The molecule has 0 atom stereocenters. The monoisotopic (exact) mass is 326 g/mol. The van der Waals surface area contributed by atoms with Crippen molar-refractivity contribution in [2.45, 2.75) is 19.8 Å². The Morgan fingerprint density at radius 1 is 1.61 bits per heavy atom. The minimum atomic E-state index is -0.960. The van der Waals surface area contributed by atoms with Crippen LogP contribution in [0.5, 0.6) is 0 Å². The molecule has 1 radical (unpaired) electrons. The van der Waals surface area contributed by atoms with Crippen molar-refractivity contribution >= 4 is 11.8 Å². The maximum Gasteiger partial charge on any atom is 0.329 e. The quantitative estimate of drug-likeness (QED) is 0.587. The molecule has 0 saturated carbocycles. The molecule has 0 unspecified atom stereocenters. The number of hydrogen-bond acceptors (Lipinski definition) is 4. The van der Waals surface area contributed by atoms with E-state index >= 15 is 0 Å². The van der Waals surface area contributed by atoms with E-state index in [-0.39, 0.29) is 39.3 Å². The number of anilines is 1. The summed E-state index contributed by atoms with van der Waals surface area (Å²) in [6.07, 6.45) is 1.78. The summed E-state index contributed by atoms with van der Waals surface area (Å²) in [5.41, 5.74) is 1.07. The van der Waals surface area contributed by atoms with Crippen LogP contribution in [-0.2, 0) is 42.2 Å². The molecule has 0 fully saturated rings. The van der Waals surface area contributed by atoms with Gasteiger partial charge in [-0.1, -0.05) is 20.0 Å². The second kappa shape index (κ2) is 9.42. The molecule has 18 heavy (non-hydrogen) atoms. The van der Waals surface area contributed by atoms with Gasteiger partial charge in [0.15, 0.2) is 0 Å². The van der Waals surface area contributed by atoms with Gasteiger partial charge in [0.1, 0.15) is 6.61 Å². The van der Waals surface area contributed by atoms with Gasteiger partial charge in [-0.2, -0.15) is 6.07 Å². The van der Waals surface area contributed by atoms with E-state index < -0.39 is 5.97 Å². The van der Waals surface area contributed by atoms with Crippen molar-refractivity contribution in [2.24, 2.45) is 0 Å². The van der Waals surface area contributed by atoms with Crippen LogP contribution in [0.4, 0.5) is 5.82 Å². The topological polar surface area (TPSA) is 71.5 Å². The van der Waals surface area contributed by atoms with Crippen molar-refractivity contribution in [2.75, 3.05) is 25.1 Å². The summed E-state index contributed by atoms with van der Waals surface area (Å²) in [7, 11) is 0. The molecule has 0 bridgehead atoms. The molecule has 97 valence electrons. The zero-order valence-corrected chi connectivity index (χ0v) is 13.5. The van der Waals surface area contributed by atoms with E-state index in [9.17, 15) is 4.79 Å². The Morgan fingerprint density at radius 3 is 2.83 bits per heavy atom. The van der Waals surface area contributed by atoms with E-state index in [0.717, 1.165) is 5.56 Å². The maximum atomic E-state index is 10.2. The maximum absolute atomic E-state index is 10.2. The van der Waals surface area contributed by atoms with E-state index in [1.807, 2.05) is 0 Å². The van der Waals surface area contributed by atoms with Gasteiger partial charge >= 0.3 is 5.97 Å². The minimum Gasteiger partial charge on any atom is -0.480 e. The van der Waals surface area contributed by atoms with E-state index in [2.05, 4.69) is 30.2 Å². The summed E-state index contributed by atoms with van der Waals surface area (Å²) >= 11 is 0. The fourth-order valence-corrected chi connectivity index (χ4v) is 1.19. The molecule has 0 aliphatic heterocycles. The summed E-state index contributed by atoms with van der Waals surface area (Å²) < 4.78 is 4.88. The number of hydrogen-bond donors (Lipinski definition) is 2. The van der Waals surface area contributed by atoms with Gasteiger partial charge in [-0.15, -0.1) is 11.6 Å². The van der Waals surface area contributed by atoms with Crippen molar-refractivity contribution in [3.05, 3.63) is 23.9 Å². The average molecular weight is 326 g/mol. The van der Waals surface area contributed by atoms with Crippen LogP contribution in [0.1, 0.15) is 25.3 Å². The molecule has 2 N–H and O–H groups in total. The molecule has 1 aromatic rings. The third-order valence-electron chi connectivity index (χ3n) is 2.12. The van der Waals surface area contributed by atoms with Crippen molar-refractivity contribution in [1.29, 1.82) is 0 Å². The number of carboxylic acid groups (broad SMARTS) is 1. The molecule has 1 heterocycles. The van der Waals surface area contributed by atoms with Gasteiger partial charge in [0.2, 0.25) is 0 Å². The Bertz CT molecular complexity index is 355. The van der Waals surface area contributed by atoms with Crippen LogP contribution in [0, 0.1) is 6.07 Å². The first-order valence-corrected chi connectivity index (χ1v) is 5.50. The van der Waals surface area contributed by atoms with E-state index in [4.69, 9.17) is 9.84 Å². The number of ether oxygens (including phenoxy) is 1. The minimum absolute atomic E-state index is 0. The standard InChI is InChI=1S/C12H17N2O3.Y/c1-9(2)10-3-4-11(14-7-10)13-5-6-17-8-12(15)16;/h4,7,9H,5-6,8H2,1-2H3,(H,13,14)(H,15,16);/q-1;. The predicted molar refractivity (Wildman–Crippen MR) is 64.1 cm³/mol. The van der Waals surface area contributed by atoms with Crippen molar-refractivity contribution in [1.82, 2.24) is 4.98 Å². The number of aliphatic carboxylic acids is 1. The smallest absolute Gasteiger partial charge is 0.329 e. The van der Waals surface area contributed by atoms with Crippen LogP contribution in [0.15, 0.2) is 12.3 Å². The predicted octanol–water partition coefficient (Wildman–Crippen LogP) is 1.52. The second-order valence-corrected chi connectivity index (χ2v) is 3.92. The molecular formula is C12H17N2O3Y-. The first kappa shape index (κ1) is 17.5. The van der Waals surface area contributed by atoms with E-state index in [1.165, 1.54) is 0 Å².